The number of rotatable bonds is 1. The molecule has 6 N–H and O–H groups in total. The van der Waals surface area contributed by atoms with E-state index in [1.54, 1.807) is 0 Å². The molecule has 2 rings (SSSR count). The largest absolute Gasteiger partial charge is 0.508 e. The Kier molecular flexibility index (Phi) is 2.63. The van der Waals surface area contributed by atoms with E-state index in [9.17, 15) is 20.4 Å². The van der Waals surface area contributed by atoms with E-state index in [2.05, 4.69) is 5.32 Å². The normalized spacial score (nSPS) is 29.5. The molecule has 0 radical (unpaired) electrons. The zero-order valence-electron chi connectivity index (χ0n) is 8.33. The van der Waals surface area contributed by atoms with Crippen LogP contribution in [0.15, 0.2) is 12.1 Å². The second kappa shape index (κ2) is 3.82. The topological polar surface area (TPSA) is 113 Å². The number of β-amino-alcohol motifs (C(OH)–C–C–N with tert-alkyl or cyclic N) is 1. The summed E-state index contributed by atoms with van der Waals surface area (Å²) in [5, 5.41) is 50.0. The van der Waals surface area contributed by atoms with Gasteiger partial charge in [0, 0.05) is 18.7 Å². The summed E-state index contributed by atoms with van der Waals surface area (Å²) in [5.41, 5.74) is 0.0712. The zero-order chi connectivity index (χ0) is 11.9. The van der Waals surface area contributed by atoms with Crippen LogP contribution >= 0.6 is 0 Å². The van der Waals surface area contributed by atoms with Crippen LogP contribution in [0.2, 0.25) is 0 Å². The van der Waals surface area contributed by atoms with E-state index in [-0.39, 0.29) is 29.4 Å². The van der Waals surface area contributed by atoms with Gasteiger partial charge in [0.15, 0.2) is 0 Å². The monoisotopic (exact) mass is 227 g/mol. The maximum absolute atomic E-state index is 9.63. The summed E-state index contributed by atoms with van der Waals surface area (Å²) < 4.78 is 0. The van der Waals surface area contributed by atoms with Crippen LogP contribution in [0.1, 0.15) is 11.6 Å². The summed E-state index contributed by atoms with van der Waals surface area (Å²) in [6.45, 7) is 0.172. The number of phenolic OH excluding ortho intramolecular Hbond substituents is 3. The number of benzene rings is 1. The van der Waals surface area contributed by atoms with Crippen LogP contribution < -0.4 is 5.32 Å². The van der Waals surface area contributed by atoms with Gasteiger partial charge in [0.25, 0.3) is 0 Å². The molecule has 0 spiro atoms. The second-order valence-corrected chi connectivity index (χ2v) is 3.84. The van der Waals surface area contributed by atoms with Crippen LogP contribution in [-0.2, 0) is 0 Å². The van der Waals surface area contributed by atoms with E-state index in [0.29, 0.717) is 0 Å². The zero-order valence-corrected chi connectivity index (χ0v) is 8.33. The Labute approximate surface area is 91.4 Å². The molecule has 16 heavy (non-hydrogen) atoms. The molecule has 6 nitrogen and oxygen atoms in total. The Morgan fingerprint density at radius 3 is 2.06 bits per heavy atom. The van der Waals surface area contributed by atoms with Crippen LogP contribution in [0.4, 0.5) is 0 Å². The third-order valence-corrected chi connectivity index (χ3v) is 2.71. The molecule has 1 aliphatic rings. The maximum Gasteiger partial charge on any atom is 0.127 e. The molecule has 0 bridgehead atoms. The molecule has 0 aliphatic carbocycles. The van der Waals surface area contributed by atoms with Gasteiger partial charge in [-0.15, -0.1) is 0 Å². The van der Waals surface area contributed by atoms with E-state index < -0.39 is 18.2 Å². The fraction of sp³-hybridized carbons (Fsp3) is 0.400. The first-order chi connectivity index (χ1) is 7.50. The minimum absolute atomic E-state index is 0.0712. The minimum Gasteiger partial charge on any atom is -0.508 e. The van der Waals surface area contributed by atoms with Crippen molar-refractivity contribution in [3.05, 3.63) is 17.7 Å². The highest BCUT2D eigenvalue weighted by molar-refractivity contribution is 5.51. The Morgan fingerprint density at radius 1 is 1.06 bits per heavy atom. The molecule has 1 saturated heterocycles. The summed E-state index contributed by atoms with van der Waals surface area (Å²) in [5.74, 6) is -0.932. The molecule has 1 aromatic carbocycles. The quantitative estimate of drug-likeness (QED) is 0.373. The number of aliphatic hydroxyl groups is 2. The average molecular weight is 227 g/mol. The van der Waals surface area contributed by atoms with Crippen molar-refractivity contribution in [1.29, 1.82) is 0 Å². The van der Waals surface area contributed by atoms with Crippen molar-refractivity contribution in [3.63, 3.8) is 0 Å². The van der Waals surface area contributed by atoms with E-state index in [1.807, 2.05) is 0 Å². The average Bonchev–Trinajstić information content (AvgIpc) is 2.48. The number of aromatic hydroxyl groups is 3. The third kappa shape index (κ3) is 1.67. The summed E-state index contributed by atoms with van der Waals surface area (Å²) in [7, 11) is 0. The fourth-order valence-electron chi connectivity index (χ4n) is 1.91. The molecule has 0 amide bonds. The summed E-state index contributed by atoms with van der Waals surface area (Å²) >= 11 is 0. The maximum atomic E-state index is 9.63. The van der Waals surface area contributed by atoms with Gasteiger partial charge in [0.05, 0.1) is 17.7 Å². The minimum atomic E-state index is -1.11. The lowest BCUT2D eigenvalue weighted by Gasteiger charge is -2.18. The Balaban J connectivity index is 2.41. The second-order valence-electron chi connectivity index (χ2n) is 3.84. The SMILES string of the molecule is Oc1cc(O)c([C@H]2NC[C@@H](O)[C@@H]2O)c(O)c1. The lowest BCUT2D eigenvalue weighted by atomic mass is 9.99. The van der Waals surface area contributed by atoms with Gasteiger partial charge in [0.2, 0.25) is 0 Å². The van der Waals surface area contributed by atoms with Gasteiger partial charge in [-0.1, -0.05) is 0 Å². The molecule has 0 saturated carbocycles. The van der Waals surface area contributed by atoms with Gasteiger partial charge in [-0.25, -0.2) is 0 Å². The third-order valence-electron chi connectivity index (χ3n) is 2.71. The van der Waals surface area contributed by atoms with E-state index in [0.717, 1.165) is 12.1 Å². The molecule has 1 heterocycles. The number of hydrogen-bond acceptors (Lipinski definition) is 6. The molecular weight excluding hydrogens is 214 g/mol. The molecular formula is C10H13NO5. The number of phenols is 3. The van der Waals surface area contributed by atoms with E-state index >= 15 is 0 Å². The molecule has 88 valence electrons. The summed E-state index contributed by atoms with van der Waals surface area (Å²) in [6.07, 6.45) is -2.06. The van der Waals surface area contributed by atoms with Crippen molar-refractivity contribution in [3.8, 4) is 17.2 Å². The summed E-state index contributed by atoms with van der Waals surface area (Å²) in [6, 6.07) is 1.37. The van der Waals surface area contributed by atoms with Crippen molar-refractivity contribution in [2.75, 3.05) is 6.54 Å². The van der Waals surface area contributed by atoms with Crippen LogP contribution in [0.5, 0.6) is 17.2 Å². The standard InChI is InChI=1S/C10H13NO5/c12-4-1-5(13)8(6(14)2-4)9-10(16)7(15)3-11-9/h1-2,7,9-16H,3H2/t7-,9-,10+/m1/s1. The Morgan fingerprint density at radius 2 is 1.62 bits per heavy atom. The highest BCUT2D eigenvalue weighted by atomic mass is 16.3. The highest BCUT2D eigenvalue weighted by Crippen LogP contribution is 2.39. The van der Waals surface area contributed by atoms with Crippen LogP contribution in [0.25, 0.3) is 0 Å². The van der Waals surface area contributed by atoms with Gasteiger partial charge in [-0.2, -0.15) is 0 Å². The molecule has 1 aliphatic heterocycles. The number of aliphatic hydroxyl groups excluding tert-OH is 2. The van der Waals surface area contributed by atoms with E-state index in [4.69, 9.17) is 5.11 Å². The van der Waals surface area contributed by atoms with Gasteiger partial charge in [-0.3, -0.25) is 0 Å². The van der Waals surface area contributed by atoms with Crippen LogP contribution in [-0.4, -0.2) is 44.3 Å². The molecule has 3 atom stereocenters. The number of hydrogen-bond donors (Lipinski definition) is 6. The predicted octanol–water partition coefficient (Wildman–Crippen LogP) is -0.831. The Hall–Kier alpha value is -1.50. The van der Waals surface area contributed by atoms with Crippen molar-refractivity contribution in [1.82, 2.24) is 5.32 Å². The lowest BCUT2D eigenvalue weighted by molar-refractivity contribution is 0.0397. The lowest BCUT2D eigenvalue weighted by Crippen LogP contribution is -2.25. The molecule has 6 heteroatoms. The van der Waals surface area contributed by atoms with Gasteiger partial charge in [0.1, 0.15) is 23.4 Å². The van der Waals surface area contributed by atoms with Crippen molar-refractivity contribution in [2.24, 2.45) is 0 Å². The van der Waals surface area contributed by atoms with Gasteiger partial charge < -0.3 is 30.8 Å². The van der Waals surface area contributed by atoms with Crippen molar-refractivity contribution in [2.45, 2.75) is 18.2 Å². The first-order valence-electron chi connectivity index (χ1n) is 4.85. The highest BCUT2D eigenvalue weighted by Gasteiger charge is 2.37. The first-order valence-corrected chi connectivity index (χ1v) is 4.85. The van der Waals surface area contributed by atoms with Gasteiger partial charge >= 0.3 is 0 Å². The molecule has 1 aromatic rings. The number of nitrogens with one attached hydrogen (secondary N) is 1. The fourth-order valence-corrected chi connectivity index (χ4v) is 1.91. The van der Waals surface area contributed by atoms with Gasteiger partial charge in [-0.05, 0) is 0 Å². The smallest absolute Gasteiger partial charge is 0.127 e. The Bertz CT molecular complexity index is 385. The van der Waals surface area contributed by atoms with Crippen molar-refractivity contribution >= 4 is 0 Å². The first kappa shape index (κ1) is 11.0. The molecule has 1 fully saturated rings. The van der Waals surface area contributed by atoms with Crippen LogP contribution in [0.3, 0.4) is 0 Å². The molecule has 0 aromatic heterocycles. The predicted molar refractivity (Wildman–Crippen MR) is 54.2 cm³/mol. The van der Waals surface area contributed by atoms with E-state index in [1.165, 1.54) is 0 Å². The van der Waals surface area contributed by atoms with Crippen molar-refractivity contribution < 1.29 is 25.5 Å². The molecule has 0 unspecified atom stereocenters. The summed E-state index contributed by atoms with van der Waals surface area (Å²) in [4.78, 5) is 0. The van der Waals surface area contributed by atoms with Crippen LogP contribution in [0, 0.1) is 0 Å².